The number of carbonyl (C=O) groups excluding carboxylic acids is 2. The Balaban J connectivity index is 1.38. The number of aromatic nitrogens is 1. The van der Waals surface area contributed by atoms with Gasteiger partial charge < -0.3 is 20.3 Å². The van der Waals surface area contributed by atoms with Gasteiger partial charge in [-0.25, -0.2) is 13.8 Å². The third-order valence-corrected chi connectivity index (χ3v) is 7.76. The van der Waals surface area contributed by atoms with Gasteiger partial charge in [-0.3, -0.25) is 9.59 Å². The minimum Gasteiger partial charge on any atom is -0.476 e. The van der Waals surface area contributed by atoms with Crippen molar-refractivity contribution >= 4 is 46.4 Å². The SMILES string of the molecule is C=C(C)c1cc(OC(C)(C)C(=O)NC2CC3CCC(C2)N3c2ccc(C(=O)NCC(F)F)cn2)c(Cl)cc1Cl. The quantitative estimate of drug-likeness (QED) is 0.386. The number of benzene rings is 1. The first-order chi connectivity index (χ1) is 18.4. The molecule has 0 radical (unpaired) electrons. The molecule has 2 saturated heterocycles. The van der Waals surface area contributed by atoms with Gasteiger partial charge in [-0.2, -0.15) is 0 Å². The molecule has 4 rings (SSSR count). The number of ether oxygens (including phenoxy) is 1. The number of allylic oxidation sites excluding steroid dienone is 1. The number of pyridine rings is 1. The summed E-state index contributed by atoms with van der Waals surface area (Å²) < 4.78 is 30.8. The molecule has 3 heterocycles. The Morgan fingerprint density at radius 1 is 1.18 bits per heavy atom. The van der Waals surface area contributed by atoms with Crippen LogP contribution in [0.25, 0.3) is 5.57 Å². The topological polar surface area (TPSA) is 83.6 Å². The van der Waals surface area contributed by atoms with Crippen molar-refractivity contribution in [2.24, 2.45) is 0 Å². The number of hydrogen-bond acceptors (Lipinski definition) is 5. The van der Waals surface area contributed by atoms with E-state index >= 15 is 0 Å². The molecule has 7 nitrogen and oxygen atoms in total. The summed E-state index contributed by atoms with van der Waals surface area (Å²) >= 11 is 12.6. The molecule has 2 atom stereocenters. The van der Waals surface area contributed by atoms with E-state index in [1.165, 1.54) is 6.20 Å². The monoisotopic (exact) mass is 580 g/mol. The Hall–Kier alpha value is -2.91. The maximum absolute atomic E-state index is 13.3. The van der Waals surface area contributed by atoms with Crippen molar-refractivity contribution in [3.8, 4) is 5.75 Å². The van der Waals surface area contributed by atoms with E-state index in [1.54, 1.807) is 38.1 Å². The highest BCUT2D eigenvalue weighted by Gasteiger charge is 2.43. The van der Waals surface area contributed by atoms with Crippen LogP contribution in [-0.2, 0) is 4.79 Å². The molecule has 2 unspecified atom stereocenters. The molecule has 39 heavy (non-hydrogen) atoms. The van der Waals surface area contributed by atoms with Crippen molar-refractivity contribution in [2.45, 2.75) is 76.6 Å². The number of piperidine rings is 1. The predicted octanol–water partition coefficient (Wildman–Crippen LogP) is 5.89. The van der Waals surface area contributed by atoms with Crippen LogP contribution in [0.5, 0.6) is 5.75 Å². The van der Waals surface area contributed by atoms with Crippen LogP contribution in [0.4, 0.5) is 14.6 Å². The van der Waals surface area contributed by atoms with Crippen LogP contribution >= 0.6 is 23.2 Å². The van der Waals surface area contributed by atoms with E-state index in [1.807, 2.05) is 6.92 Å². The van der Waals surface area contributed by atoms with Crippen LogP contribution in [-0.4, -0.2) is 53.5 Å². The molecule has 2 bridgehead atoms. The summed E-state index contributed by atoms with van der Waals surface area (Å²) in [7, 11) is 0. The zero-order valence-electron chi connectivity index (χ0n) is 22.1. The summed E-state index contributed by atoms with van der Waals surface area (Å²) in [6.07, 6.45) is 2.18. The average molecular weight is 581 g/mol. The molecular weight excluding hydrogens is 549 g/mol. The zero-order chi connectivity index (χ0) is 28.5. The van der Waals surface area contributed by atoms with Crippen LogP contribution in [0.1, 0.15) is 62.4 Å². The summed E-state index contributed by atoms with van der Waals surface area (Å²) in [5.41, 5.74) is 0.492. The first-order valence-electron chi connectivity index (χ1n) is 12.8. The molecule has 1 aromatic heterocycles. The zero-order valence-corrected chi connectivity index (χ0v) is 23.6. The summed E-state index contributed by atoms with van der Waals surface area (Å²) in [6.45, 7) is 8.44. The third-order valence-electron chi connectivity index (χ3n) is 7.15. The molecule has 210 valence electrons. The fourth-order valence-electron chi connectivity index (χ4n) is 5.23. The van der Waals surface area contributed by atoms with Crippen molar-refractivity contribution < 1.29 is 23.1 Å². The Bertz CT molecular complexity index is 1240. The number of halogens is 4. The summed E-state index contributed by atoms with van der Waals surface area (Å²) in [5, 5.41) is 6.11. The number of rotatable bonds is 9. The summed E-state index contributed by atoms with van der Waals surface area (Å²) in [4.78, 5) is 32.0. The predicted molar refractivity (Wildman–Crippen MR) is 149 cm³/mol. The van der Waals surface area contributed by atoms with Gasteiger partial charge in [0.05, 0.1) is 17.1 Å². The Labute approximate surface area is 236 Å². The van der Waals surface area contributed by atoms with Gasteiger partial charge in [0.25, 0.3) is 18.2 Å². The molecule has 1 aromatic carbocycles. The number of alkyl halides is 2. The number of hydrogen-bond donors (Lipinski definition) is 2. The van der Waals surface area contributed by atoms with Gasteiger partial charge >= 0.3 is 0 Å². The number of carbonyl (C=O) groups is 2. The molecular formula is C28H32Cl2F2N4O3. The molecule has 0 spiro atoms. The molecule has 11 heteroatoms. The minimum absolute atomic E-state index is 0.0415. The lowest BCUT2D eigenvalue weighted by Crippen LogP contribution is -2.55. The van der Waals surface area contributed by atoms with E-state index in [2.05, 4.69) is 27.1 Å². The highest BCUT2D eigenvalue weighted by atomic mass is 35.5. The summed E-state index contributed by atoms with van der Waals surface area (Å²) in [5.74, 6) is 0.249. The standard InChI is InChI=1S/C28H32Cl2F2N4O3/c1-15(2)20-11-23(22(30)12-21(20)29)39-28(3,4)27(38)35-17-9-18-6-7-19(10-17)36(18)25-8-5-16(13-33-25)26(37)34-14-24(31)32/h5,8,11-13,17-19,24H,1,6-7,9-10,14H2,2-4H3,(H,34,37)(H,35,38). The molecule has 2 N–H and O–H groups in total. The van der Waals surface area contributed by atoms with E-state index in [0.717, 1.165) is 37.1 Å². The first kappa shape index (κ1) is 29.1. The van der Waals surface area contributed by atoms with Gasteiger partial charge in [0.15, 0.2) is 5.60 Å². The van der Waals surface area contributed by atoms with E-state index < -0.39 is 24.5 Å². The van der Waals surface area contributed by atoms with Gasteiger partial charge in [0.1, 0.15) is 11.6 Å². The smallest absolute Gasteiger partial charge is 0.263 e. The van der Waals surface area contributed by atoms with Crippen LogP contribution in [0.3, 0.4) is 0 Å². The van der Waals surface area contributed by atoms with Crippen LogP contribution in [0.15, 0.2) is 37.0 Å². The van der Waals surface area contributed by atoms with Gasteiger partial charge in [-0.05, 0) is 81.9 Å². The van der Waals surface area contributed by atoms with Gasteiger partial charge in [0, 0.05) is 29.3 Å². The van der Waals surface area contributed by atoms with Gasteiger partial charge in [0.2, 0.25) is 0 Å². The van der Waals surface area contributed by atoms with E-state index in [4.69, 9.17) is 27.9 Å². The normalized spacial score (nSPS) is 20.6. The molecule has 2 aromatic rings. The van der Waals surface area contributed by atoms with Gasteiger partial charge in [-0.15, -0.1) is 0 Å². The van der Waals surface area contributed by atoms with Crippen LogP contribution in [0.2, 0.25) is 10.0 Å². The fraction of sp³-hybridized carbons (Fsp3) is 0.464. The highest BCUT2D eigenvalue weighted by molar-refractivity contribution is 6.36. The molecule has 2 amide bonds. The Morgan fingerprint density at radius 2 is 1.85 bits per heavy atom. The number of anilines is 1. The molecule has 2 fully saturated rings. The molecule has 2 aliphatic heterocycles. The molecule has 2 aliphatic rings. The second-order valence-corrected chi connectivity index (χ2v) is 11.4. The lowest BCUT2D eigenvalue weighted by molar-refractivity contribution is -0.135. The fourth-order valence-corrected chi connectivity index (χ4v) is 5.81. The number of fused-ring (bicyclic) bond motifs is 2. The largest absolute Gasteiger partial charge is 0.476 e. The van der Waals surface area contributed by atoms with Crippen molar-refractivity contribution in [3.63, 3.8) is 0 Å². The Kier molecular flexibility index (Phi) is 8.71. The van der Waals surface area contributed by atoms with Crippen molar-refractivity contribution in [1.82, 2.24) is 15.6 Å². The third kappa shape index (κ3) is 6.64. The van der Waals surface area contributed by atoms with Crippen molar-refractivity contribution in [3.05, 3.63) is 58.2 Å². The van der Waals surface area contributed by atoms with Crippen molar-refractivity contribution in [2.75, 3.05) is 11.4 Å². The van der Waals surface area contributed by atoms with E-state index in [-0.39, 0.29) is 29.6 Å². The van der Waals surface area contributed by atoms with Crippen molar-refractivity contribution in [1.29, 1.82) is 0 Å². The maximum atomic E-state index is 13.3. The molecule has 0 saturated carbocycles. The average Bonchev–Trinajstić information content (AvgIpc) is 3.13. The second-order valence-electron chi connectivity index (χ2n) is 10.6. The first-order valence-corrected chi connectivity index (χ1v) is 13.6. The summed E-state index contributed by atoms with van der Waals surface area (Å²) in [6, 6.07) is 6.92. The van der Waals surface area contributed by atoms with Gasteiger partial charge in [-0.1, -0.05) is 29.8 Å². The van der Waals surface area contributed by atoms with Crippen LogP contribution < -0.4 is 20.3 Å². The number of amides is 2. The van der Waals surface area contributed by atoms with E-state index in [0.29, 0.717) is 21.4 Å². The number of nitrogens with one attached hydrogen (secondary N) is 2. The lowest BCUT2D eigenvalue weighted by atomic mass is 9.96. The minimum atomic E-state index is -2.61. The number of nitrogens with zero attached hydrogens (tertiary/aromatic N) is 2. The lowest BCUT2D eigenvalue weighted by Gasteiger charge is -2.40. The van der Waals surface area contributed by atoms with Crippen LogP contribution in [0, 0.1) is 0 Å². The maximum Gasteiger partial charge on any atom is 0.263 e. The second kappa shape index (κ2) is 11.7. The Morgan fingerprint density at radius 3 is 2.41 bits per heavy atom. The highest BCUT2D eigenvalue weighted by Crippen LogP contribution is 2.39. The van der Waals surface area contributed by atoms with E-state index in [9.17, 15) is 18.4 Å². The molecule has 0 aliphatic carbocycles.